The van der Waals surface area contributed by atoms with Gasteiger partial charge in [0.25, 0.3) is 0 Å². The van der Waals surface area contributed by atoms with Crippen molar-refractivity contribution >= 4 is 23.5 Å². The number of carbonyl (C=O) groups excluding carboxylic acids is 3. The van der Waals surface area contributed by atoms with Crippen molar-refractivity contribution in [1.82, 2.24) is 0 Å². The van der Waals surface area contributed by atoms with E-state index in [1.165, 1.54) is 4.90 Å². The fourth-order valence-corrected chi connectivity index (χ4v) is 5.76. The molecule has 2 saturated carbocycles. The number of nitrogens with zero attached hydrogens (tertiary/aromatic N) is 1. The Bertz CT molecular complexity index is 1080. The molecule has 5 nitrogen and oxygen atoms in total. The number of amides is 2. The van der Waals surface area contributed by atoms with Gasteiger partial charge in [-0.05, 0) is 67.3 Å². The summed E-state index contributed by atoms with van der Waals surface area (Å²) in [6.45, 7) is 1.96. The molecule has 3 fully saturated rings. The van der Waals surface area contributed by atoms with Gasteiger partial charge in [-0.2, -0.15) is 0 Å². The summed E-state index contributed by atoms with van der Waals surface area (Å²) in [5.74, 6) is 0.679. The van der Waals surface area contributed by atoms with Crippen molar-refractivity contribution in [3.8, 4) is 5.75 Å². The highest BCUT2D eigenvalue weighted by Crippen LogP contribution is 2.65. The molecule has 4 aliphatic carbocycles. The van der Waals surface area contributed by atoms with Crippen LogP contribution in [0.4, 0.5) is 5.69 Å². The maximum atomic E-state index is 13.3. The second-order valence-corrected chi connectivity index (χ2v) is 8.92. The van der Waals surface area contributed by atoms with Gasteiger partial charge in [-0.15, -0.1) is 0 Å². The largest absolute Gasteiger partial charge is 0.423 e. The lowest BCUT2D eigenvalue weighted by molar-refractivity contribution is -0.124. The summed E-state index contributed by atoms with van der Waals surface area (Å²) < 4.78 is 5.45. The topological polar surface area (TPSA) is 63.7 Å². The predicted octanol–water partition coefficient (Wildman–Crippen LogP) is 3.77. The van der Waals surface area contributed by atoms with E-state index in [4.69, 9.17) is 4.74 Å². The minimum atomic E-state index is -0.514. The zero-order valence-corrected chi connectivity index (χ0v) is 16.5. The van der Waals surface area contributed by atoms with Gasteiger partial charge in [0, 0.05) is 0 Å². The van der Waals surface area contributed by atoms with Gasteiger partial charge in [0.2, 0.25) is 11.8 Å². The third kappa shape index (κ3) is 2.44. The number of benzene rings is 2. The first-order valence-electron chi connectivity index (χ1n) is 10.5. The molecule has 5 aliphatic rings. The summed E-state index contributed by atoms with van der Waals surface area (Å²) in [6, 6.07) is 13.8. The molecule has 0 spiro atoms. The molecule has 2 aromatic carbocycles. The molecule has 1 aliphatic heterocycles. The van der Waals surface area contributed by atoms with Crippen molar-refractivity contribution in [2.45, 2.75) is 13.3 Å². The van der Waals surface area contributed by atoms with E-state index in [1.807, 2.05) is 19.1 Å². The molecule has 1 saturated heterocycles. The lowest BCUT2D eigenvalue weighted by atomic mass is 9.63. The number of anilines is 1. The van der Waals surface area contributed by atoms with Crippen LogP contribution in [0.3, 0.4) is 0 Å². The molecule has 6 atom stereocenters. The standard InChI is InChI=1S/C25H21NO4/c1-13-5-7-16(8-6-13)30-25(29)14-3-2-4-15(11-14)26-23(27)21-17-9-10-18(20-12-19(17)20)22(21)24(26)28/h2-11,17-22H,12H2,1H3/t17-,18-,19-,20-,21-,22+/m0/s1. The van der Waals surface area contributed by atoms with E-state index < -0.39 is 5.97 Å². The Morgan fingerprint density at radius 3 is 2.20 bits per heavy atom. The molecule has 0 N–H and O–H groups in total. The van der Waals surface area contributed by atoms with Crippen molar-refractivity contribution in [1.29, 1.82) is 0 Å². The minimum Gasteiger partial charge on any atom is -0.423 e. The molecule has 30 heavy (non-hydrogen) atoms. The molecule has 0 unspecified atom stereocenters. The highest BCUT2D eigenvalue weighted by molar-refractivity contribution is 6.23. The van der Waals surface area contributed by atoms with Gasteiger partial charge in [-0.25, -0.2) is 9.69 Å². The van der Waals surface area contributed by atoms with E-state index in [0.29, 0.717) is 28.8 Å². The van der Waals surface area contributed by atoms with Gasteiger partial charge in [0.05, 0.1) is 23.1 Å². The fraction of sp³-hybridized carbons (Fsp3) is 0.320. The average Bonchev–Trinajstić information content (AvgIpc) is 3.53. The van der Waals surface area contributed by atoms with Crippen molar-refractivity contribution in [2.75, 3.05) is 4.90 Å². The number of aryl methyl sites for hydroxylation is 1. The summed E-state index contributed by atoms with van der Waals surface area (Å²) in [5.41, 5.74) is 1.84. The summed E-state index contributed by atoms with van der Waals surface area (Å²) in [7, 11) is 0. The van der Waals surface area contributed by atoms with Crippen molar-refractivity contribution < 1.29 is 19.1 Å². The van der Waals surface area contributed by atoms with E-state index in [0.717, 1.165) is 12.0 Å². The molecule has 7 rings (SSSR count). The van der Waals surface area contributed by atoms with Crippen molar-refractivity contribution in [2.24, 2.45) is 35.5 Å². The van der Waals surface area contributed by atoms with Crippen LogP contribution in [0.5, 0.6) is 5.75 Å². The predicted molar refractivity (Wildman–Crippen MR) is 110 cm³/mol. The molecule has 2 amide bonds. The molecule has 0 radical (unpaired) electrons. The van der Waals surface area contributed by atoms with E-state index in [9.17, 15) is 14.4 Å². The Morgan fingerprint density at radius 2 is 1.57 bits per heavy atom. The maximum absolute atomic E-state index is 13.3. The number of ether oxygens (including phenoxy) is 1. The molecule has 5 heteroatoms. The second kappa shape index (κ2) is 6.14. The third-order valence-electron chi connectivity index (χ3n) is 7.23. The molecule has 150 valence electrons. The quantitative estimate of drug-likeness (QED) is 0.341. The van der Waals surface area contributed by atoms with E-state index in [2.05, 4.69) is 12.2 Å². The van der Waals surface area contributed by atoms with Crippen LogP contribution in [0, 0.1) is 42.4 Å². The molecular weight excluding hydrogens is 378 g/mol. The van der Waals surface area contributed by atoms with Gasteiger partial charge in [0.15, 0.2) is 0 Å². The Kier molecular flexibility index (Phi) is 3.61. The minimum absolute atomic E-state index is 0.126. The normalized spacial score (nSPS) is 32.8. The highest BCUT2D eigenvalue weighted by atomic mass is 16.5. The van der Waals surface area contributed by atoms with Gasteiger partial charge < -0.3 is 4.74 Å². The van der Waals surface area contributed by atoms with Crippen LogP contribution in [-0.4, -0.2) is 17.8 Å². The number of imide groups is 1. The van der Waals surface area contributed by atoms with E-state index in [-0.39, 0.29) is 35.5 Å². The summed E-state index contributed by atoms with van der Waals surface area (Å²) in [5, 5.41) is 0. The number of hydrogen-bond acceptors (Lipinski definition) is 4. The van der Waals surface area contributed by atoms with Crippen LogP contribution >= 0.6 is 0 Å². The first kappa shape index (κ1) is 17.6. The maximum Gasteiger partial charge on any atom is 0.343 e. The number of allylic oxidation sites excluding steroid dienone is 2. The monoisotopic (exact) mass is 399 g/mol. The number of carbonyl (C=O) groups is 3. The fourth-order valence-electron chi connectivity index (χ4n) is 5.76. The third-order valence-corrected chi connectivity index (χ3v) is 7.23. The number of hydrogen-bond donors (Lipinski definition) is 0. The second-order valence-electron chi connectivity index (χ2n) is 8.92. The van der Waals surface area contributed by atoms with Crippen molar-refractivity contribution in [3.05, 3.63) is 71.8 Å². The summed E-state index contributed by atoms with van der Waals surface area (Å²) >= 11 is 0. The van der Waals surface area contributed by atoms with Crippen LogP contribution in [0.15, 0.2) is 60.7 Å². The van der Waals surface area contributed by atoms with Crippen LogP contribution < -0.4 is 9.64 Å². The number of rotatable bonds is 3. The lowest BCUT2D eigenvalue weighted by Crippen LogP contribution is -2.40. The van der Waals surface area contributed by atoms with Gasteiger partial charge in [-0.1, -0.05) is 35.9 Å². The molecule has 2 aromatic rings. The Balaban J connectivity index is 1.28. The first-order valence-corrected chi connectivity index (χ1v) is 10.5. The van der Waals surface area contributed by atoms with Gasteiger partial charge >= 0.3 is 5.97 Å². The Hall–Kier alpha value is -3.21. The lowest BCUT2D eigenvalue weighted by Gasteiger charge is -2.37. The van der Waals surface area contributed by atoms with Crippen LogP contribution in [0.1, 0.15) is 22.3 Å². The Labute approximate surface area is 174 Å². The highest BCUT2D eigenvalue weighted by Gasteiger charge is 2.67. The average molecular weight is 399 g/mol. The van der Waals surface area contributed by atoms with E-state index in [1.54, 1.807) is 36.4 Å². The zero-order valence-electron chi connectivity index (χ0n) is 16.5. The molecule has 0 aromatic heterocycles. The zero-order chi connectivity index (χ0) is 20.6. The van der Waals surface area contributed by atoms with Crippen LogP contribution in [-0.2, 0) is 9.59 Å². The van der Waals surface area contributed by atoms with Gasteiger partial charge in [0.1, 0.15) is 5.75 Å². The molecule has 1 heterocycles. The SMILES string of the molecule is Cc1ccc(OC(=O)c2cccc(N3C(=O)[C@@H]4[C@H]5C=C[C@@H]([C@@H]6C[C@@H]56)[C@@H]4C3=O)c2)cc1. The summed E-state index contributed by atoms with van der Waals surface area (Å²) in [6.07, 6.45) is 5.45. The van der Waals surface area contributed by atoms with Crippen LogP contribution in [0.2, 0.25) is 0 Å². The molecular formula is C25H21NO4. The molecule has 2 bridgehead atoms. The van der Waals surface area contributed by atoms with Gasteiger partial charge in [-0.3, -0.25) is 9.59 Å². The van der Waals surface area contributed by atoms with Crippen molar-refractivity contribution in [3.63, 3.8) is 0 Å². The first-order chi connectivity index (χ1) is 14.5. The smallest absolute Gasteiger partial charge is 0.343 e. The number of esters is 1. The summed E-state index contributed by atoms with van der Waals surface area (Å²) in [4.78, 5) is 40.5. The van der Waals surface area contributed by atoms with Crippen LogP contribution in [0.25, 0.3) is 0 Å². The van der Waals surface area contributed by atoms with E-state index >= 15 is 0 Å². The Morgan fingerprint density at radius 1 is 0.933 bits per heavy atom.